The van der Waals surface area contributed by atoms with Crippen LogP contribution in [0.1, 0.15) is 27.9 Å². The highest BCUT2D eigenvalue weighted by Gasteiger charge is 2.22. The maximum atomic E-state index is 11.5. The number of morpholine rings is 1. The van der Waals surface area contributed by atoms with Gasteiger partial charge >= 0.3 is 5.97 Å². The molecule has 1 unspecified atom stereocenters. The first kappa shape index (κ1) is 19.4. The van der Waals surface area contributed by atoms with Crippen LogP contribution in [0.2, 0.25) is 0 Å². The van der Waals surface area contributed by atoms with Crippen LogP contribution in [-0.2, 0) is 16.0 Å². The summed E-state index contributed by atoms with van der Waals surface area (Å²) < 4.78 is 20.9. The first-order valence-corrected chi connectivity index (χ1v) is 9.04. The third-order valence-electron chi connectivity index (χ3n) is 4.67. The van der Waals surface area contributed by atoms with Crippen molar-refractivity contribution in [3.05, 3.63) is 53.5 Å². The minimum atomic E-state index is -0.467. The molecule has 7 heteroatoms. The number of nitrogens with one attached hydrogen (secondary N) is 1. The minimum absolute atomic E-state index is 0.217. The number of furan rings is 1. The Labute approximate surface area is 159 Å². The van der Waals surface area contributed by atoms with Crippen LogP contribution in [0.3, 0.4) is 0 Å². The van der Waals surface area contributed by atoms with E-state index in [1.165, 1.54) is 12.7 Å². The molecule has 0 spiro atoms. The summed E-state index contributed by atoms with van der Waals surface area (Å²) in [5.41, 5.74) is 1.22. The molecule has 1 aliphatic heterocycles. The molecule has 0 saturated carbocycles. The lowest BCUT2D eigenvalue weighted by Gasteiger charge is -2.35. The number of benzene rings is 1. The van der Waals surface area contributed by atoms with Gasteiger partial charge in [0.25, 0.3) is 0 Å². The van der Waals surface area contributed by atoms with Crippen molar-refractivity contribution in [1.82, 2.24) is 10.2 Å². The number of ether oxygens (including phenoxy) is 3. The van der Waals surface area contributed by atoms with Crippen molar-refractivity contribution in [3.63, 3.8) is 0 Å². The van der Waals surface area contributed by atoms with Crippen LogP contribution >= 0.6 is 0 Å². The molecule has 1 fully saturated rings. The second-order valence-electron chi connectivity index (χ2n) is 6.33. The molecule has 7 nitrogen and oxygen atoms in total. The summed E-state index contributed by atoms with van der Waals surface area (Å²) in [5.74, 6) is 1.30. The van der Waals surface area contributed by atoms with Crippen molar-refractivity contribution in [1.29, 1.82) is 0 Å². The molecule has 1 saturated heterocycles. The number of hydrogen-bond acceptors (Lipinski definition) is 7. The van der Waals surface area contributed by atoms with Crippen LogP contribution in [0, 0.1) is 0 Å². The number of carbonyl (C=O) groups is 1. The van der Waals surface area contributed by atoms with E-state index in [4.69, 9.17) is 13.9 Å². The van der Waals surface area contributed by atoms with Crippen molar-refractivity contribution in [2.75, 3.05) is 47.1 Å². The lowest BCUT2D eigenvalue weighted by molar-refractivity contribution is 0.0160. The second-order valence-corrected chi connectivity index (χ2v) is 6.33. The van der Waals surface area contributed by atoms with Gasteiger partial charge in [0, 0.05) is 25.7 Å². The van der Waals surface area contributed by atoms with Crippen LogP contribution in [0.25, 0.3) is 0 Å². The molecule has 146 valence electrons. The van der Waals surface area contributed by atoms with Crippen LogP contribution in [0.4, 0.5) is 0 Å². The smallest absolute Gasteiger partial charge is 0.373 e. The van der Waals surface area contributed by atoms with Crippen LogP contribution in [-0.4, -0.2) is 57.9 Å². The molecular formula is C20H26N2O5. The summed E-state index contributed by atoms with van der Waals surface area (Å²) >= 11 is 0. The lowest BCUT2D eigenvalue weighted by atomic mass is 10.0. The van der Waals surface area contributed by atoms with Crippen molar-refractivity contribution >= 4 is 5.97 Å². The highest BCUT2D eigenvalue weighted by Crippen LogP contribution is 2.24. The summed E-state index contributed by atoms with van der Waals surface area (Å²) in [5, 5.41) is 3.44. The molecule has 1 aromatic heterocycles. The zero-order chi connectivity index (χ0) is 19.1. The van der Waals surface area contributed by atoms with E-state index in [0.717, 1.165) is 38.6 Å². The van der Waals surface area contributed by atoms with Gasteiger partial charge in [0.15, 0.2) is 0 Å². The Balaban J connectivity index is 1.63. The molecule has 0 amide bonds. The number of nitrogens with zero attached hydrogens (tertiary/aromatic N) is 1. The molecule has 0 radical (unpaired) electrons. The van der Waals surface area contributed by atoms with E-state index in [9.17, 15) is 4.79 Å². The van der Waals surface area contributed by atoms with E-state index in [1.54, 1.807) is 19.2 Å². The molecule has 1 aromatic carbocycles. The standard InChI is InChI=1S/C20H26N2O5/c1-24-16-5-3-15(4-6-16)18(22-9-11-26-12-10-22)14-21-13-17-7-8-19(27-17)20(23)25-2/h3-8,18,21H,9-14H2,1-2H3. The predicted octanol–water partition coefficient (Wildman–Crippen LogP) is 2.24. The molecule has 0 bridgehead atoms. The molecule has 1 N–H and O–H groups in total. The van der Waals surface area contributed by atoms with Gasteiger partial charge in [0.2, 0.25) is 5.76 Å². The average Bonchev–Trinajstić information content (AvgIpc) is 3.20. The zero-order valence-electron chi connectivity index (χ0n) is 15.8. The first-order chi connectivity index (χ1) is 13.2. The number of carbonyl (C=O) groups excluding carboxylic acids is 1. The van der Waals surface area contributed by atoms with E-state index in [1.807, 2.05) is 12.1 Å². The maximum absolute atomic E-state index is 11.5. The fraction of sp³-hybridized carbons (Fsp3) is 0.450. The topological polar surface area (TPSA) is 73.2 Å². The van der Waals surface area contributed by atoms with Crippen molar-refractivity contribution < 1.29 is 23.4 Å². The molecule has 1 atom stereocenters. The van der Waals surface area contributed by atoms with E-state index >= 15 is 0 Å². The van der Waals surface area contributed by atoms with Gasteiger partial charge in [-0.05, 0) is 29.8 Å². The largest absolute Gasteiger partial charge is 0.497 e. The van der Waals surface area contributed by atoms with Crippen molar-refractivity contribution in [2.45, 2.75) is 12.6 Å². The van der Waals surface area contributed by atoms with E-state index in [-0.39, 0.29) is 11.8 Å². The van der Waals surface area contributed by atoms with Gasteiger partial charge in [-0.25, -0.2) is 4.79 Å². The fourth-order valence-electron chi connectivity index (χ4n) is 3.19. The summed E-state index contributed by atoms with van der Waals surface area (Å²) in [7, 11) is 3.01. The van der Waals surface area contributed by atoms with Crippen molar-refractivity contribution in [2.24, 2.45) is 0 Å². The first-order valence-electron chi connectivity index (χ1n) is 9.04. The number of esters is 1. The number of rotatable bonds is 8. The third kappa shape index (κ3) is 5.09. The van der Waals surface area contributed by atoms with Gasteiger partial charge in [-0.2, -0.15) is 0 Å². The Bertz CT molecular complexity index is 722. The molecule has 1 aliphatic rings. The zero-order valence-corrected chi connectivity index (χ0v) is 15.8. The highest BCUT2D eigenvalue weighted by atomic mass is 16.5. The number of hydrogen-bond donors (Lipinski definition) is 1. The van der Waals surface area contributed by atoms with Gasteiger partial charge in [0.1, 0.15) is 11.5 Å². The average molecular weight is 374 g/mol. The Morgan fingerprint density at radius 1 is 1.15 bits per heavy atom. The van der Waals surface area contributed by atoms with Crippen LogP contribution < -0.4 is 10.1 Å². The van der Waals surface area contributed by atoms with Crippen molar-refractivity contribution in [3.8, 4) is 5.75 Å². The molecule has 27 heavy (non-hydrogen) atoms. The molecule has 3 rings (SSSR count). The molecule has 0 aliphatic carbocycles. The second kappa shape index (κ2) is 9.55. The van der Waals surface area contributed by atoms with Gasteiger partial charge < -0.3 is 23.9 Å². The Morgan fingerprint density at radius 2 is 1.89 bits per heavy atom. The summed E-state index contributed by atoms with van der Waals surface area (Å²) in [4.78, 5) is 13.9. The highest BCUT2D eigenvalue weighted by molar-refractivity contribution is 5.86. The quantitative estimate of drug-likeness (QED) is 0.711. The van der Waals surface area contributed by atoms with Gasteiger partial charge in [-0.15, -0.1) is 0 Å². The molecular weight excluding hydrogens is 348 g/mol. The summed E-state index contributed by atoms with van der Waals surface area (Å²) in [6.45, 7) is 4.56. The number of methoxy groups -OCH3 is 2. The van der Waals surface area contributed by atoms with Gasteiger partial charge in [-0.1, -0.05) is 12.1 Å². The van der Waals surface area contributed by atoms with Crippen LogP contribution in [0.15, 0.2) is 40.8 Å². The summed E-state index contributed by atoms with van der Waals surface area (Å²) in [6.07, 6.45) is 0. The van der Waals surface area contributed by atoms with Gasteiger partial charge in [0.05, 0.1) is 34.0 Å². The Hall–Kier alpha value is -2.35. The minimum Gasteiger partial charge on any atom is -0.497 e. The molecule has 2 aromatic rings. The fourth-order valence-corrected chi connectivity index (χ4v) is 3.19. The van der Waals surface area contributed by atoms with E-state index in [0.29, 0.717) is 12.3 Å². The van der Waals surface area contributed by atoms with E-state index < -0.39 is 5.97 Å². The Kier molecular flexibility index (Phi) is 6.86. The SMILES string of the molecule is COC(=O)c1ccc(CNCC(c2ccc(OC)cc2)N2CCOCC2)o1. The Morgan fingerprint density at radius 3 is 2.56 bits per heavy atom. The lowest BCUT2D eigenvalue weighted by Crippen LogP contribution is -2.42. The normalized spacial score (nSPS) is 16.1. The third-order valence-corrected chi connectivity index (χ3v) is 4.67. The molecule has 2 heterocycles. The van der Waals surface area contributed by atoms with Crippen LogP contribution in [0.5, 0.6) is 5.75 Å². The maximum Gasteiger partial charge on any atom is 0.373 e. The summed E-state index contributed by atoms with van der Waals surface area (Å²) in [6, 6.07) is 11.8. The van der Waals surface area contributed by atoms with E-state index in [2.05, 4.69) is 27.1 Å². The monoisotopic (exact) mass is 374 g/mol. The predicted molar refractivity (Wildman–Crippen MR) is 99.9 cm³/mol. The van der Waals surface area contributed by atoms with Gasteiger partial charge in [-0.3, -0.25) is 4.90 Å².